The SMILES string of the molecule is O=C1CC(Br)CN1c1nc(-c2cccnc2)cs1. The van der Waals surface area contributed by atoms with E-state index in [1.807, 2.05) is 17.5 Å². The molecule has 2 aromatic heterocycles. The molecule has 0 radical (unpaired) electrons. The zero-order chi connectivity index (χ0) is 12.5. The summed E-state index contributed by atoms with van der Waals surface area (Å²) in [5.41, 5.74) is 1.84. The second kappa shape index (κ2) is 4.78. The van der Waals surface area contributed by atoms with Gasteiger partial charge in [-0.3, -0.25) is 14.7 Å². The first-order valence-electron chi connectivity index (χ1n) is 5.54. The van der Waals surface area contributed by atoms with Gasteiger partial charge in [0.2, 0.25) is 5.91 Å². The van der Waals surface area contributed by atoms with Crippen LogP contribution in [0.5, 0.6) is 0 Å². The molecule has 92 valence electrons. The van der Waals surface area contributed by atoms with Gasteiger partial charge >= 0.3 is 0 Å². The molecule has 6 heteroatoms. The third-order valence-corrected chi connectivity index (χ3v) is 4.24. The first-order valence-corrected chi connectivity index (χ1v) is 7.34. The van der Waals surface area contributed by atoms with E-state index in [9.17, 15) is 4.79 Å². The summed E-state index contributed by atoms with van der Waals surface area (Å²) in [6.45, 7) is 0.693. The van der Waals surface area contributed by atoms with Crippen LogP contribution in [0, 0.1) is 0 Å². The number of hydrogen-bond donors (Lipinski definition) is 0. The van der Waals surface area contributed by atoms with Crippen LogP contribution in [0.2, 0.25) is 0 Å². The minimum Gasteiger partial charge on any atom is -0.287 e. The van der Waals surface area contributed by atoms with Gasteiger partial charge in [-0.2, -0.15) is 0 Å². The largest absolute Gasteiger partial charge is 0.287 e. The second-order valence-electron chi connectivity index (χ2n) is 4.06. The maximum absolute atomic E-state index is 11.8. The summed E-state index contributed by atoms with van der Waals surface area (Å²) in [5.74, 6) is 0.129. The van der Waals surface area contributed by atoms with Crippen LogP contribution in [0.1, 0.15) is 6.42 Å². The lowest BCUT2D eigenvalue weighted by atomic mass is 10.2. The van der Waals surface area contributed by atoms with Gasteiger partial charge in [-0.15, -0.1) is 11.3 Å². The number of amides is 1. The Morgan fingerprint density at radius 3 is 3.06 bits per heavy atom. The van der Waals surface area contributed by atoms with Crippen LogP contribution >= 0.6 is 27.3 Å². The van der Waals surface area contributed by atoms with Crippen molar-refractivity contribution < 1.29 is 4.79 Å². The van der Waals surface area contributed by atoms with Crippen LogP contribution in [0.4, 0.5) is 5.13 Å². The van der Waals surface area contributed by atoms with Crippen LogP contribution in [0.25, 0.3) is 11.3 Å². The fourth-order valence-corrected chi connectivity index (χ4v) is 3.31. The molecule has 3 heterocycles. The van der Waals surface area contributed by atoms with Crippen LogP contribution in [0.3, 0.4) is 0 Å². The predicted molar refractivity (Wildman–Crippen MR) is 75.0 cm³/mol. The van der Waals surface area contributed by atoms with Crippen LogP contribution in [0.15, 0.2) is 29.9 Å². The molecule has 0 bridgehead atoms. The molecule has 2 aromatic rings. The summed E-state index contributed by atoms with van der Waals surface area (Å²) in [4.78, 5) is 22.3. The summed E-state index contributed by atoms with van der Waals surface area (Å²) < 4.78 is 0. The minimum absolute atomic E-state index is 0.129. The normalized spacial score (nSPS) is 19.5. The van der Waals surface area contributed by atoms with Crippen molar-refractivity contribution in [1.29, 1.82) is 0 Å². The van der Waals surface area contributed by atoms with Gasteiger partial charge in [0.05, 0.1) is 5.69 Å². The molecular weight excluding hydrogens is 314 g/mol. The molecule has 0 aliphatic carbocycles. The van der Waals surface area contributed by atoms with Crippen LogP contribution < -0.4 is 4.90 Å². The van der Waals surface area contributed by atoms with E-state index in [1.165, 1.54) is 11.3 Å². The van der Waals surface area contributed by atoms with E-state index in [0.717, 1.165) is 16.4 Å². The Hall–Kier alpha value is -1.27. The quantitative estimate of drug-likeness (QED) is 0.798. The molecule has 1 fully saturated rings. The summed E-state index contributed by atoms with van der Waals surface area (Å²) in [6, 6.07) is 3.84. The molecule has 1 atom stereocenters. The van der Waals surface area contributed by atoms with E-state index < -0.39 is 0 Å². The molecule has 1 saturated heterocycles. The number of aromatic nitrogens is 2. The molecular formula is C12H10BrN3OS. The Morgan fingerprint density at radius 2 is 2.39 bits per heavy atom. The molecule has 0 saturated carbocycles. The fourth-order valence-electron chi connectivity index (χ4n) is 1.88. The van der Waals surface area contributed by atoms with Crippen molar-refractivity contribution in [2.45, 2.75) is 11.2 Å². The van der Waals surface area contributed by atoms with Crippen molar-refractivity contribution in [3.63, 3.8) is 0 Å². The number of anilines is 1. The molecule has 18 heavy (non-hydrogen) atoms. The smallest absolute Gasteiger partial charge is 0.230 e. The first-order chi connectivity index (χ1) is 8.74. The number of alkyl halides is 1. The van der Waals surface area contributed by atoms with Crippen molar-refractivity contribution in [3.05, 3.63) is 29.9 Å². The van der Waals surface area contributed by atoms with Gasteiger partial charge in [0, 0.05) is 41.1 Å². The number of rotatable bonds is 2. The van der Waals surface area contributed by atoms with E-state index in [4.69, 9.17) is 0 Å². The van der Waals surface area contributed by atoms with E-state index in [-0.39, 0.29) is 10.7 Å². The Labute approximate surface area is 117 Å². The first kappa shape index (κ1) is 11.8. The van der Waals surface area contributed by atoms with E-state index in [0.29, 0.717) is 13.0 Å². The van der Waals surface area contributed by atoms with Gasteiger partial charge in [-0.05, 0) is 12.1 Å². The van der Waals surface area contributed by atoms with Gasteiger partial charge in [0.15, 0.2) is 5.13 Å². The molecule has 0 aromatic carbocycles. The van der Waals surface area contributed by atoms with E-state index >= 15 is 0 Å². The topological polar surface area (TPSA) is 46.1 Å². The Balaban J connectivity index is 1.88. The van der Waals surface area contributed by atoms with Gasteiger partial charge in [-0.1, -0.05) is 15.9 Å². The number of carbonyl (C=O) groups is 1. The molecule has 1 aliphatic rings. The molecule has 1 unspecified atom stereocenters. The molecule has 4 nitrogen and oxygen atoms in total. The van der Waals surface area contributed by atoms with Crippen molar-refractivity contribution >= 4 is 38.3 Å². The number of halogens is 1. The lowest BCUT2D eigenvalue weighted by Gasteiger charge is -2.10. The molecule has 1 amide bonds. The second-order valence-corrected chi connectivity index (χ2v) is 6.19. The van der Waals surface area contributed by atoms with Gasteiger partial charge in [0.1, 0.15) is 0 Å². The molecule has 1 aliphatic heterocycles. The lowest BCUT2D eigenvalue weighted by Crippen LogP contribution is -2.24. The van der Waals surface area contributed by atoms with Crippen molar-refractivity contribution in [2.24, 2.45) is 0 Å². The van der Waals surface area contributed by atoms with Gasteiger partial charge < -0.3 is 0 Å². The fraction of sp³-hybridized carbons (Fsp3) is 0.250. The maximum Gasteiger partial charge on any atom is 0.230 e. The standard InChI is InChI=1S/C12H10BrN3OS/c13-9-4-11(17)16(6-9)12-15-10(7-18-12)8-2-1-3-14-5-8/h1-3,5,7,9H,4,6H2. The van der Waals surface area contributed by atoms with Crippen LogP contribution in [-0.4, -0.2) is 27.2 Å². The van der Waals surface area contributed by atoms with Crippen molar-refractivity contribution in [3.8, 4) is 11.3 Å². The average molecular weight is 324 g/mol. The Morgan fingerprint density at radius 1 is 1.50 bits per heavy atom. The highest BCUT2D eigenvalue weighted by Crippen LogP contribution is 2.31. The number of pyridine rings is 1. The number of carbonyl (C=O) groups excluding carboxylic acids is 1. The van der Waals surface area contributed by atoms with Crippen LogP contribution in [-0.2, 0) is 4.79 Å². The number of hydrogen-bond acceptors (Lipinski definition) is 4. The zero-order valence-corrected chi connectivity index (χ0v) is 11.8. The van der Waals surface area contributed by atoms with Gasteiger partial charge in [-0.25, -0.2) is 4.98 Å². The molecule has 0 N–H and O–H groups in total. The maximum atomic E-state index is 11.8. The summed E-state index contributed by atoms with van der Waals surface area (Å²) in [5, 5.41) is 2.72. The van der Waals surface area contributed by atoms with E-state index in [1.54, 1.807) is 17.3 Å². The minimum atomic E-state index is 0.129. The highest BCUT2D eigenvalue weighted by atomic mass is 79.9. The summed E-state index contributed by atoms with van der Waals surface area (Å²) in [7, 11) is 0. The Bertz CT molecular complexity index is 572. The van der Waals surface area contributed by atoms with E-state index in [2.05, 4.69) is 25.9 Å². The number of nitrogens with zero attached hydrogens (tertiary/aromatic N) is 3. The molecule has 0 spiro atoms. The van der Waals surface area contributed by atoms with Crippen molar-refractivity contribution in [2.75, 3.05) is 11.4 Å². The number of thiazole rings is 1. The van der Waals surface area contributed by atoms with Gasteiger partial charge in [0.25, 0.3) is 0 Å². The summed E-state index contributed by atoms with van der Waals surface area (Å²) in [6.07, 6.45) is 4.05. The summed E-state index contributed by atoms with van der Waals surface area (Å²) >= 11 is 4.97. The average Bonchev–Trinajstić information content (AvgIpc) is 2.97. The lowest BCUT2D eigenvalue weighted by molar-refractivity contribution is -0.117. The van der Waals surface area contributed by atoms with Crippen molar-refractivity contribution in [1.82, 2.24) is 9.97 Å². The highest BCUT2D eigenvalue weighted by Gasteiger charge is 2.30. The third-order valence-electron chi connectivity index (χ3n) is 2.76. The predicted octanol–water partition coefficient (Wildman–Crippen LogP) is 2.71. The zero-order valence-electron chi connectivity index (χ0n) is 9.41. The highest BCUT2D eigenvalue weighted by molar-refractivity contribution is 9.09. The molecule has 3 rings (SSSR count). The third kappa shape index (κ3) is 2.18. The monoisotopic (exact) mass is 323 g/mol. The Kier molecular flexibility index (Phi) is 3.13.